The number of benzene rings is 4. The average molecular weight is 467 g/mol. The van der Waals surface area contributed by atoms with E-state index in [0.29, 0.717) is 11.4 Å². The summed E-state index contributed by atoms with van der Waals surface area (Å²) in [6, 6.07) is 42.9. The zero-order valence-electron chi connectivity index (χ0n) is 19.4. The van der Waals surface area contributed by atoms with Gasteiger partial charge < -0.3 is 0 Å². The molecule has 5 nitrogen and oxygen atoms in total. The monoisotopic (exact) mass is 466 g/mol. The normalized spacial score (nSPS) is 10.9. The minimum atomic E-state index is -0.350. The van der Waals surface area contributed by atoms with Crippen molar-refractivity contribution in [2.24, 2.45) is 0 Å². The van der Waals surface area contributed by atoms with Crippen molar-refractivity contribution in [2.45, 2.75) is 0 Å². The molecule has 0 saturated heterocycles. The van der Waals surface area contributed by atoms with Crippen LogP contribution in [0.1, 0.15) is 0 Å². The SMILES string of the molecule is O=C(n1nc(-c2ccccc2)cc1-c1ccccc1)n1nc(-c2ccccc2)cc1-c1ccccc1. The first kappa shape index (κ1) is 21.5. The van der Waals surface area contributed by atoms with Gasteiger partial charge in [-0.2, -0.15) is 19.6 Å². The Bertz CT molecular complexity index is 1500. The van der Waals surface area contributed by atoms with Crippen LogP contribution in [-0.2, 0) is 0 Å². The van der Waals surface area contributed by atoms with Gasteiger partial charge in [0.2, 0.25) is 0 Å². The highest BCUT2D eigenvalue weighted by molar-refractivity contribution is 5.89. The zero-order chi connectivity index (χ0) is 24.3. The van der Waals surface area contributed by atoms with Crippen LogP contribution in [0.15, 0.2) is 133 Å². The predicted octanol–water partition coefficient (Wildman–Crippen LogP) is 7.26. The van der Waals surface area contributed by atoms with Crippen LogP contribution in [0.3, 0.4) is 0 Å². The Labute approximate surface area is 208 Å². The van der Waals surface area contributed by atoms with E-state index in [1.54, 1.807) is 0 Å². The number of hydrogen-bond acceptors (Lipinski definition) is 3. The molecule has 6 rings (SSSR count). The number of carbonyl (C=O) groups is 1. The number of hydrogen-bond donors (Lipinski definition) is 0. The first-order valence-corrected chi connectivity index (χ1v) is 11.7. The molecule has 6 aromatic rings. The van der Waals surface area contributed by atoms with E-state index < -0.39 is 0 Å². The Morgan fingerprint density at radius 2 is 0.750 bits per heavy atom. The second kappa shape index (κ2) is 9.31. The molecular weight excluding hydrogens is 444 g/mol. The minimum Gasteiger partial charge on any atom is -0.244 e. The molecule has 0 aliphatic heterocycles. The Kier molecular flexibility index (Phi) is 5.56. The standard InChI is InChI=1S/C31H22N4O/c36-31(34-29(25-17-9-3-10-18-25)21-27(32-34)23-13-5-1-6-14-23)35-30(26-19-11-4-12-20-26)22-28(33-35)24-15-7-2-8-16-24/h1-22H. The maximum absolute atomic E-state index is 14.1. The average Bonchev–Trinajstić information content (AvgIpc) is 3.61. The predicted molar refractivity (Wildman–Crippen MR) is 142 cm³/mol. The molecule has 0 bridgehead atoms. The van der Waals surface area contributed by atoms with Gasteiger partial charge in [-0.15, -0.1) is 0 Å². The molecule has 172 valence electrons. The van der Waals surface area contributed by atoms with E-state index in [0.717, 1.165) is 33.6 Å². The van der Waals surface area contributed by atoms with E-state index in [-0.39, 0.29) is 6.03 Å². The van der Waals surface area contributed by atoms with E-state index in [1.165, 1.54) is 9.36 Å². The van der Waals surface area contributed by atoms with E-state index in [2.05, 4.69) is 0 Å². The number of carbonyl (C=O) groups excluding carboxylic acids is 1. The van der Waals surface area contributed by atoms with Crippen LogP contribution >= 0.6 is 0 Å². The summed E-state index contributed by atoms with van der Waals surface area (Å²) in [6.45, 7) is 0. The van der Waals surface area contributed by atoms with E-state index in [9.17, 15) is 4.79 Å². The largest absolute Gasteiger partial charge is 0.370 e. The van der Waals surface area contributed by atoms with Gasteiger partial charge in [0.25, 0.3) is 0 Å². The van der Waals surface area contributed by atoms with Crippen molar-refractivity contribution in [3.05, 3.63) is 133 Å². The van der Waals surface area contributed by atoms with Crippen molar-refractivity contribution in [1.82, 2.24) is 19.6 Å². The molecule has 0 amide bonds. The van der Waals surface area contributed by atoms with E-state index in [4.69, 9.17) is 10.2 Å². The lowest BCUT2D eigenvalue weighted by molar-refractivity contribution is 0.239. The van der Waals surface area contributed by atoms with Crippen LogP contribution in [0, 0.1) is 0 Å². The molecule has 0 saturated carbocycles. The molecule has 0 radical (unpaired) electrons. The van der Waals surface area contributed by atoms with Gasteiger partial charge in [-0.05, 0) is 12.1 Å². The van der Waals surface area contributed by atoms with Crippen molar-refractivity contribution in [3.63, 3.8) is 0 Å². The lowest BCUT2D eigenvalue weighted by Gasteiger charge is -2.09. The van der Waals surface area contributed by atoms with Gasteiger partial charge >= 0.3 is 6.03 Å². The highest BCUT2D eigenvalue weighted by Gasteiger charge is 2.23. The molecule has 5 heteroatoms. The summed E-state index contributed by atoms with van der Waals surface area (Å²) < 4.78 is 2.90. The minimum absolute atomic E-state index is 0.350. The van der Waals surface area contributed by atoms with Crippen LogP contribution in [0.25, 0.3) is 45.0 Å². The van der Waals surface area contributed by atoms with Crippen LogP contribution in [0.2, 0.25) is 0 Å². The fourth-order valence-electron chi connectivity index (χ4n) is 4.27. The van der Waals surface area contributed by atoms with Crippen molar-refractivity contribution >= 4 is 6.03 Å². The van der Waals surface area contributed by atoms with Gasteiger partial charge in [-0.1, -0.05) is 121 Å². The Balaban J connectivity index is 1.53. The van der Waals surface area contributed by atoms with Crippen molar-refractivity contribution < 1.29 is 4.79 Å². The van der Waals surface area contributed by atoms with E-state index in [1.807, 2.05) is 133 Å². The van der Waals surface area contributed by atoms with E-state index >= 15 is 0 Å². The third kappa shape index (κ3) is 4.03. The topological polar surface area (TPSA) is 52.7 Å². The lowest BCUT2D eigenvalue weighted by atomic mass is 10.1. The van der Waals surface area contributed by atoms with Gasteiger partial charge in [0.05, 0.1) is 22.8 Å². The first-order valence-electron chi connectivity index (χ1n) is 11.7. The fraction of sp³-hybridized carbons (Fsp3) is 0. The lowest BCUT2D eigenvalue weighted by Crippen LogP contribution is -2.23. The zero-order valence-corrected chi connectivity index (χ0v) is 19.4. The van der Waals surface area contributed by atoms with Gasteiger partial charge in [0.15, 0.2) is 0 Å². The molecule has 0 unspecified atom stereocenters. The highest BCUT2D eigenvalue weighted by atomic mass is 16.2. The summed E-state index contributed by atoms with van der Waals surface area (Å²) in [7, 11) is 0. The molecule has 0 N–H and O–H groups in total. The molecule has 36 heavy (non-hydrogen) atoms. The third-order valence-electron chi connectivity index (χ3n) is 6.06. The van der Waals surface area contributed by atoms with Crippen molar-refractivity contribution in [1.29, 1.82) is 0 Å². The van der Waals surface area contributed by atoms with Crippen LogP contribution in [0.4, 0.5) is 4.79 Å². The van der Waals surface area contributed by atoms with Gasteiger partial charge in [-0.25, -0.2) is 4.79 Å². The van der Waals surface area contributed by atoms with Gasteiger partial charge in [-0.3, -0.25) is 0 Å². The van der Waals surface area contributed by atoms with Crippen LogP contribution in [0.5, 0.6) is 0 Å². The maximum atomic E-state index is 14.1. The van der Waals surface area contributed by atoms with Gasteiger partial charge in [0.1, 0.15) is 0 Å². The summed E-state index contributed by atoms with van der Waals surface area (Å²) in [5.41, 5.74) is 6.53. The second-order valence-corrected chi connectivity index (χ2v) is 8.40. The van der Waals surface area contributed by atoms with Crippen molar-refractivity contribution in [2.75, 3.05) is 0 Å². The van der Waals surface area contributed by atoms with Crippen LogP contribution in [-0.4, -0.2) is 25.6 Å². The van der Waals surface area contributed by atoms with Gasteiger partial charge in [0, 0.05) is 22.3 Å². The molecule has 0 aliphatic rings. The molecule has 4 aromatic carbocycles. The van der Waals surface area contributed by atoms with Crippen molar-refractivity contribution in [3.8, 4) is 45.0 Å². The first-order chi connectivity index (χ1) is 17.8. The second-order valence-electron chi connectivity index (χ2n) is 8.40. The molecule has 2 aromatic heterocycles. The summed E-state index contributed by atoms with van der Waals surface area (Å²) in [4.78, 5) is 14.1. The number of aromatic nitrogens is 4. The highest BCUT2D eigenvalue weighted by Crippen LogP contribution is 2.29. The Morgan fingerprint density at radius 1 is 0.444 bits per heavy atom. The molecule has 0 atom stereocenters. The quantitative estimate of drug-likeness (QED) is 0.275. The fourth-order valence-corrected chi connectivity index (χ4v) is 4.27. The molecule has 0 spiro atoms. The summed E-state index contributed by atoms with van der Waals surface area (Å²) in [5.74, 6) is 0. The summed E-state index contributed by atoms with van der Waals surface area (Å²) in [6.07, 6.45) is 0. The Hall–Kier alpha value is -5.03. The molecular formula is C31H22N4O. The smallest absolute Gasteiger partial charge is 0.244 e. The molecule has 2 heterocycles. The molecule has 0 aliphatic carbocycles. The number of rotatable bonds is 4. The summed E-state index contributed by atoms with van der Waals surface area (Å²) in [5, 5.41) is 9.51. The molecule has 0 fully saturated rings. The maximum Gasteiger partial charge on any atom is 0.370 e. The Morgan fingerprint density at radius 3 is 1.08 bits per heavy atom. The third-order valence-corrected chi connectivity index (χ3v) is 6.06. The summed E-state index contributed by atoms with van der Waals surface area (Å²) >= 11 is 0. The van der Waals surface area contributed by atoms with Crippen LogP contribution < -0.4 is 0 Å². The number of nitrogens with zero attached hydrogens (tertiary/aromatic N) is 4.